The molecule has 0 radical (unpaired) electrons. The van der Waals surface area contributed by atoms with Gasteiger partial charge in [0.1, 0.15) is 11.6 Å². The van der Waals surface area contributed by atoms with Crippen LogP contribution in [0.3, 0.4) is 0 Å². The van der Waals surface area contributed by atoms with Crippen LogP contribution in [0.25, 0.3) is 0 Å². The molecule has 1 aliphatic rings. The number of anilines is 1. The molecule has 100 valence electrons. The molecule has 18 heavy (non-hydrogen) atoms. The molecule has 4 nitrogen and oxygen atoms in total. The number of nitrogens with two attached hydrogens (primary N) is 1. The van der Waals surface area contributed by atoms with Crippen LogP contribution in [0.5, 0.6) is 5.75 Å². The fourth-order valence-corrected chi connectivity index (χ4v) is 1.94. The van der Waals surface area contributed by atoms with Crippen molar-refractivity contribution in [1.82, 2.24) is 5.32 Å². The molecule has 0 saturated heterocycles. The Kier molecular flexibility index (Phi) is 5.02. The predicted octanol–water partition coefficient (Wildman–Crippen LogP) is 2.23. The van der Waals surface area contributed by atoms with Crippen molar-refractivity contribution < 1.29 is 4.74 Å². The van der Waals surface area contributed by atoms with Gasteiger partial charge in [0.25, 0.3) is 0 Å². The van der Waals surface area contributed by atoms with Gasteiger partial charge in [0.05, 0.1) is 6.54 Å². The molecule has 0 bridgehead atoms. The fraction of sp³-hybridized carbons (Fsp3) is 0.462. The van der Waals surface area contributed by atoms with Crippen LogP contribution in [-0.4, -0.2) is 25.0 Å². The Bertz CT molecular complexity index is 460. The Balaban J connectivity index is 0.00000162. The average molecular weight is 314 g/mol. The van der Waals surface area contributed by atoms with Gasteiger partial charge in [0.2, 0.25) is 0 Å². The van der Waals surface area contributed by atoms with Gasteiger partial charge in [0, 0.05) is 17.8 Å². The van der Waals surface area contributed by atoms with Crippen LogP contribution >= 0.6 is 17.0 Å². The van der Waals surface area contributed by atoms with E-state index in [-0.39, 0.29) is 23.1 Å². The van der Waals surface area contributed by atoms with Gasteiger partial charge in [-0.15, -0.1) is 17.0 Å². The highest BCUT2D eigenvalue weighted by Gasteiger charge is 2.17. The lowest BCUT2D eigenvalue weighted by Crippen LogP contribution is -2.33. The first-order chi connectivity index (χ1) is 8.09. The van der Waals surface area contributed by atoms with E-state index < -0.39 is 0 Å². The smallest absolute Gasteiger partial charge is 0.152 e. The summed E-state index contributed by atoms with van der Waals surface area (Å²) in [7, 11) is 0. The molecule has 0 aliphatic carbocycles. The maximum Gasteiger partial charge on any atom is 0.152 e. The number of hydrogen-bond donors (Lipinski definition) is 2. The second-order valence-corrected chi connectivity index (χ2v) is 4.38. The second-order valence-electron chi connectivity index (χ2n) is 4.38. The second kappa shape index (κ2) is 6.09. The van der Waals surface area contributed by atoms with Crippen molar-refractivity contribution in [2.75, 3.05) is 18.8 Å². The molecule has 0 aromatic heterocycles. The number of amidine groups is 1. The molecular weight excluding hydrogens is 294 g/mol. The SMILES string of the molecule is Br.Cc1ccc(N)c(C)c1OC(C)C1=NCCN1. The summed E-state index contributed by atoms with van der Waals surface area (Å²) in [6.45, 7) is 7.74. The lowest BCUT2D eigenvalue weighted by molar-refractivity contribution is 0.280. The average Bonchev–Trinajstić information content (AvgIpc) is 2.83. The third-order valence-corrected chi connectivity index (χ3v) is 3.02. The summed E-state index contributed by atoms with van der Waals surface area (Å²) >= 11 is 0. The first kappa shape index (κ1) is 14.8. The number of aliphatic imine (C=N–C) groups is 1. The monoisotopic (exact) mass is 313 g/mol. The summed E-state index contributed by atoms with van der Waals surface area (Å²) in [5.74, 6) is 1.79. The van der Waals surface area contributed by atoms with E-state index in [1.54, 1.807) is 0 Å². The third-order valence-electron chi connectivity index (χ3n) is 3.02. The van der Waals surface area contributed by atoms with Gasteiger partial charge in [-0.2, -0.15) is 0 Å². The molecule has 1 unspecified atom stereocenters. The van der Waals surface area contributed by atoms with Gasteiger partial charge in [-0.05, 0) is 32.4 Å². The van der Waals surface area contributed by atoms with Crippen LogP contribution < -0.4 is 15.8 Å². The number of nitrogen functional groups attached to an aromatic ring is 1. The molecular formula is C13H20BrN3O. The first-order valence-corrected chi connectivity index (χ1v) is 5.90. The van der Waals surface area contributed by atoms with E-state index in [2.05, 4.69) is 10.3 Å². The number of nitrogens with zero attached hydrogens (tertiary/aromatic N) is 1. The predicted molar refractivity (Wildman–Crippen MR) is 81.0 cm³/mol. The molecule has 1 heterocycles. The Morgan fingerprint density at radius 3 is 2.72 bits per heavy atom. The largest absolute Gasteiger partial charge is 0.482 e. The Labute approximate surface area is 118 Å². The minimum absolute atomic E-state index is 0. The van der Waals surface area contributed by atoms with Crippen LogP contribution in [-0.2, 0) is 0 Å². The Hall–Kier alpha value is -1.23. The molecule has 3 N–H and O–H groups in total. The zero-order valence-electron chi connectivity index (χ0n) is 11.0. The highest BCUT2D eigenvalue weighted by molar-refractivity contribution is 8.93. The number of halogens is 1. The number of rotatable bonds is 3. The van der Waals surface area contributed by atoms with Crippen LogP contribution in [0.4, 0.5) is 5.69 Å². The molecule has 1 aliphatic heterocycles. The van der Waals surface area contributed by atoms with Gasteiger partial charge in [-0.1, -0.05) is 6.07 Å². The van der Waals surface area contributed by atoms with Crippen LogP contribution in [0, 0.1) is 13.8 Å². The van der Waals surface area contributed by atoms with Crippen molar-refractivity contribution in [3.05, 3.63) is 23.3 Å². The molecule has 0 spiro atoms. The molecule has 5 heteroatoms. The minimum Gasteiger partial charge on any atom is -0.482 e. The Morgan fingerprint density at radius 2 is 2.11 bits per heavy atom. The summed E-state index contributed by atoms with van der Waals surface area (Å²) in [6, 6.07) is 3.89. The quantitative estimate of drug-likeness (QED) is 0.841. The third kappa shape index (κ3) is 2.96. The van der Waals surface area contributed by atoms with E-state index >= 15 is 0 Å². The first-order valence-electron chi connectivity index (χ1n) is 5.90. The van der Waals surface area contributed by atoms with E-state index in [0.717, 1.165) is 41.5 Å². The standard InChI is InChI=1S/C13H19N3O.BrH/c1-8-4-5-11(14)9(2)12(8)17-10(3)13-15-6-7-16-13;/h4-5,10H,6-7,14H2,1-3H3,(H,15,16);1H. The number of nitrogens with one attached hydrogen (secondary N) is 1. The van der Waals surface area contributed by atoms with Crippen LogP contribution in [0.2, 0.25) is 0 Å². The molecule has 1 atom stereocenters. The summed E-state index contributed by atoms with van der Waals surface area (Å²) < 4.78 is 5.97. The maximum absolute atomic E-state index is 5.97. The number of hydrogen-bond acceptors (Lipinski definition) is 4. The topological polar surface area (TPSA) is 59.6 Å². The zero-order valence-corrected chi connectivity index (χ0v) is 12.7. The van der Waals surface area contributed by atoms with Gasteiger partial charge < -0.3 is 15.8 Å². The van der Waals surface area contributed by atoms with Crippen molar-refractivity contribution in [3.8, 4) is 5.75 Å². The van der Waals surface area contributed by atoms with E-state index in [9.17, 15) is 0 Å². The molecule has 0 saturated carbocycles. The highest BCUT2D eigenvalue weighted by Crippen LogP contribution is 2.28. The summed E-state index contributed by atoms with van der Waals surface area (Å²) in [4.78, 5) is 4.36. The number of aryl methyl sites for hydroxylation is 1. The van der Waals surface area contributed by atoms with E-state index in [4.69, 9.17) is 10.5 Å². The molecule has 0 amide bonds. The van der Waals surface area contributed by atoms with Crippen molar-refractivity contribution in [1.29, 1.82) is 0 Å². The lowest BCUT2D eigenvalue weighted by Gasteiger charge is -2.19. The molecule has 0 fully saturated rings. The Morgan fingerprint density at radius 1 is 1.39 bits per heavy atom. The lowest BCUT2D eigenvalue weighted by atomic mass is 10.1. The van der Waals surface area contributed by atoms with Gasteiger partial charge in [-0.3, -0.25) is 4.99 Å². The summed E-state index contributed by atoms with van der Waals surface area (Å²) in [6.07, 6.45) is -0.0586. The van der Waals surface area contributed by atoms with Crippen molar-refractivity contribution in [3.63, 3.8) is 0 Å². The van der Waals surface area contributed by atoms with Crippen molar-refractivity contribution in [2.24, 2.45) is 4.99 Å². The molecule has 1 aromatic carbocycles. The van der Waals surface area contributed by atoms with Gasteiger partial charge in [0.15, 0.2) is 6.10 Å². The van der Waals surface area contributed by atoms with E-state index in [1.165, 1.54) is 0 Å². The molecule has 2 rings (SSSR count). The summed E-state index contributed by atoms with van der Waals surface area (Å²) in [5, 5.41) is 3.22. The van der Waals surface area contributed by atoms with Crippen LogP contribution in [0.1, 0.15) is 18.1 Å². The normalized spacial score (nSPS) is 15.4. The van der Waals surface area contributed by atoms with Crippen LogP contribution in [0.15, 0.2) is 17.1 Å². The zero-order chi connectivity index (χ0) is 12.4. The summed E-state index contributed by atoms with van der Waals surface area (Å²) in [5.41, 5.74) is 8.75. The fourth-order valence-electron chi connectivity index (χ4n) is 1.94. The van der Waals surface area contributed by atoms with Crippen molar-refractivity contribution >= 4 is 28.5 Å². The van der Waals surface area contributed by atoms with E-state index in [0.29, 0.717) is 0 Å². The molecule has 1 aromatic rings. The minimum atomic E-state index is -0.0586. The number of benzene rings is 1. The van der Waals surface area contributed by atoms with E-state index in [1.807, 2.05) is 32.9 Å². The van der Waals surface area contributed by atoms with Gasteiger partial charge >= 0.3 is 0 Å². The van der Waals surface area contributed by atoms with Gasteiger partial charge in [-0.25, -0.2) is 0 Å². The maximum atomic E-state index is 5.97. The number of ether oxygens (including phenoxy) is 1. The van der Waals surface area contributed by atoms with Crippen molar-refractivity contribution in [2.45, 2.75) is 26.9 Å². The highest BCUT2D eigenvalue weighted by atomic mass is 79.9.